The van der Waals surface area contributed by atoms with E-state index in [2.05, 4.69) is 27.8 Å². The van der Waals surface area contributed by atoms with Gasteiger partial charge in [-0.1, -0.05) is 68.3 Å². The minimum atomic E-state index is -5.11. The second-order valence-electron chi connectivity index (χ2n) is 10.9. The predicted octanol–water partition coefficient (Wildman–Crippen LogP) is 1.08. The number of carbonyl (C=O) groups is 5. The molecule has 7 N–H and O–H groups in total. The number of primary amides is 1. The number of rotatable bonds is 14. The van der Waals surface area contributed by atoms with Gasteiger partial charge in [0.15, 0.2) is 6.10 Å². The lowest BCUT2D eigenvalue weighted by atomic mass is 10.0. The summed E-state index contributed by atoms with van der Waals surface area (Å²) in [6, 6.07) is 11.6. The molecule has 5 amide bonds. The van der Waals surface area contributed by atoms with Crippen molar-refractivity contribution in [1.29, 1.82) is 0 Å². The minimum absolute atomic E-state index is 0.0344. The molecule has 14 heteroatoms. The monoisotopic (exact) mass is 645 g/mol. The van der Waals surface area contributed by atoms with Crippen LogP contribution in [0.2, 0.25) is 0 Å². The second-order valence-corrected chi connectivity index (χ2v) is 10.9. The highest BCUT2D eigenvalue weighted by molar-refractivity contribution is 5.98. The molecule has 0 aromatic heterocycles. The molecule has 0 saturated carbocycles. The Morgan fingerprint density at radius 2 is 1.41 bits per heavy atom. The summed E-state index contributed by atoms with van der Waals surface area (Å²) in [4.78, 5) is 63.2. The normalized spacial score (nSPS) is 14.3. The van der Waals surface area contributed by atoms with Crippen molar-refractivity contribution < 1.29 is 42.3 Å². The number of halogens is 3. The van der Waals surface area contributed by atoms with Crippen LogP contribution >= 0.6 is 0 Å². The Morgan fingerprint density at radius 1 is 0.826 bits per heavy atom. The lowest BCUT2D eigenvalue weighted by molar-refractivity contribution is -0.212. The number of nitrogens with one attached hydrogen (secondary N) is 4. The molecule has 0 radical (unpaired) electrons. The molecule has 2 aromatic rings. The molecule has 0 fully saturated rings. The highest BCUT2D eigenvalue weighted by Gasteiger charge is 2.44. The Morgan fingerprint density at radius 3 is 1.96 bits per heavy atom. The molecule has 0 aliphatic heterocycles. The van der Waals surface area contributed by atoms with Crippen molar-refractivity contribution >= 4 is 29.5 Å². The second kappa shape index (κ2) is 17.6. The number of amides is 5. The summed E-state index contributed by atoms with van der Waals surface area (Å²) in [5.41, 5.74) is 6.24. The first-order valence-corrected chi connectivity index (χ1v) is 14.4. The van der Waals surface area contributed by atoms with E-state index in [0.29, 0.717) is 11.1 Å². The van der Waals surface area contributed by atoms with E-state index in [1.165, 1.54) is 6.92 Å². The summed E-state index contributed by atoms with van der Waals surface area (Å²) in [7, 11) is 0. The van der Waals surface area contributed by atoms with Crippen molar-refractivity contribution in [3.63, 3.8) is 0 Å². The van der Waals surface area contributed by atoms with Gasteiger partial charge in [0.1, 0.15) is 18.1 Å². The van der Waals surface area contributed by atoms with E-state index in [-0.39, 0.29) is 6.42 Å². The van der Waals surface area contributed by atoms with E-state index in [4.69, 9.17) is 5.73 Å². The zero-order valence-corrected chi connectivity index (χ0v) is 25.6. The summed E-state index contributed by atoms with van der Waals surface area (Å²) >= 11 is 0. The largest absolute Gasteiger partial charge is 0.416 e. The summed E-state index contributed by atoms with van der Waals surface area (Å²) in [5.74, 6) is 0.397. The molecule has 46 heavy (non-hydrogen) atoms. The summed E-state index contributed by atoms with van der Waals surface area (Å²) in [5, 5.41) is 19.2. The zero-order valence-electron chi connectivity index (χ0n) is 25.6. The van der Waals surface area contributed by atoms with Gasteiger partial charge >= 0.3 is 6.18 Å². The Bertz CT molecular complexity index is 1410. The molecule has 2 aromatic carbocycles. The Labute approximate surface area is 264 Å². The van der Waals surface area contributed by atoms with E-state index in [0.717, 1.165) is 0 Å². The lowest BCUT2D eigenvalue weighted by Crippen LogP contribution is -2.59. The first-order valence-electron chi connectivity index (χ1n) is 14.4. The van der Waals surface area contributed by atoms with Crippen LogP contribution in [0.5, 0.6) is 0 Å². The standard InChI is InChI=1S/C32H38F3N5O6/c1-19(2)27(40-26(42)17-14-21-10-6-4-7-11-21)31(46)39-24(18-22-12-8-5-9-13-22)30(45)37-20(3)29(44)38-23(15-16-25(36)41)28(43)32(33,34)35/h4-13,19-20,23-24,27-28,43H,15-16,18H2,1-3H3,(H2,36,41)(H,37,45)(H,38,44)(H,39,46)(H,40,42). The van der Waals surface area contributed by atoms with Gasteiger partial charge in [0.25, 0.3) is 5.91 Å². The highest BCUT2D eigenvalue weighted by Crippen LogP contribution is 2.24. The molecular formula is C32H38F3N5O6. The third-order valence-electron chi connectivity index (χ3n) is 6.74. The molecular weight excluding hydrogens is 607 g/mol. The molecule has 0 aliphatic rings. The van der Waals surface area contributed by atoms with Crippen molar-refractivity contribution in [3.05, 3.63) is 71.8 Å². The molecule has 2 rings (SSSR count). The van der Waals surface area contributed by atoms with E-state index in [1.807, 2.05) is 5.32 Å². The molecule has 0 bridgehead atoms. The van der Waals surface area contributed by atoms with Crippen LogP contribution in [-0.2, 0) is 30.4 Å². The van der Waals surface area contributed by atoms with E-state index >= 15 is 0 Å². The predicted molar refractivity (Wildman–Crippen MR) is 162 cm³/mol. The average molecular weight is 646 g/mol. The van der Waals surface area contributed by atoms with Crippen LogP contribution in [0.25, 0.3) is 0 Å². The van der Waals surface area contributed by atoms with Crippen LogP contribution in [0.3, 0.4) is 0 Å². The molecule has 0 heterocycles. The van der Waals surface area contributed by atoms with Crippen molar-refractivity contribution in [2.75, 3.05) is 0 Å². The Balaban J connectivity index is 2.20. The maximum absolute atomic E-state index is 13.4. The third kappa shape index (κ3) is 12.6. The molecule has 0 saturated heterocycles. The van der Waals surface area contributed by atoms with Gasteiger partial charge in [-0.25, -0.2) is 0 Å². The number of aliphatic hydroxyl groups is 1. The average Bonchev–Trinajstić information content (AvgIpc) is 3.00. The van der Waals surface area contributed by atoms with Gasteiger partial charge in [0.2, 0.25) is 23.6 Å². The molecule has 5 atom stereocenters. The fourth-order valence-corrected chi connectivity index (χ4v) is 4.21. The topological polar surface area (TPSA) is 180 Å². The Hall–Kier alpha value is -4.90. The number of hydrogen-bond donors (Lipinski definition) is 6. The van der Waals surface area contributed by atoms with E-state index in [1.54, 1.807) is 74.5 Å². The van der Waals surface area contributed by atoms with Crippen LogP contribution in [0.1, 0.15) is 44.7 Å². The number of hydrogen-bond acceptors (Lipinski definition) is 6. The maximum Gasteiger partial charge on any atom is 0.416 e. The fraction of sp³-hybridized carbons (Fsp3) is 0.406. The van der Waals surface area contributed by atoms with Gasteiger partial charge in [-0.05, 0) is 37.0 Å². The molecule has 11 nitrogen and oxygen atoms in total. The van der Waals surface area contributed by atoms with Gasteiger partial charge in [-0.2, -0.15) is 13.2 Å². The van der Waals surface area contributed by atoms with Gasteiger partial charge in [0, 0.05) is 24.3 Å². The summed E-state index contributed by atoms with van der Waals surface area (Å²) < 4.78 is 39.5. The summed E-state index contributed by atoms with van der Waals surface area (Å²) in [6.07, 6.45) is -9.29. The van der Waals surface area contributed by atoms with Gasteiger partial charge < -0.3 is 32.1 Å². The maximum atomic E-state index is 13.4. The van der Waals surface area contributed by atoms with Crippen molar-refractivity contribution in [3.8, 4) is 11.8 Å². The minimum Gasteiger partial charge on any atom is -0.382 e. The van der Waals surface area contributed by atoms with Crippen molar-refractivity contribution in [2.24, 2.45) is 11.7 Å². The number of alkyl halides is 3. The van der Waals surface area contributed by atoms with Crippen LogP contribution in [0, 0.1) is 17.8 Å². The van der Waals surface area contributed by atoms with Crippen molar-refractivity contribution in [2.45, 2.75) is 76.5 Å². The number of carbonyl (C=O) groups excluding carboxylic acids is 5. The van der Waals surface area contributed by atoms with Gasteiger partial charge in [0.05, 0.1) is 6.04 Å². The highest BCUT2D eigenvalue weighted by atomic mass is 19.4. The lowest BCUT2D eigenvalue weighted by Gasteiger charge is -2.28. The van der Waals surface area contributed by atoms with Crippen molar-refractivity contribution in [1.82, 2.24) is 21.3 Å². The van der Waals surface area contributed by atoms with Crippen LogP contribution < -0.4 is 27.0 Å². The van der Waals surface area contributed by atoms with E-state index in [9.17, 15) is 42.3 Å². The number of benzene rings is 2. The zero-order chi connectivity index (χ0) is 34.4. The molecule has 248 valence electrons. The number of nitrogens with two attached hydrogens (primary N) is 1. The first-order chi connectivity index (χ1) is 21.6. The molecule has 0 aliphatic carbocycles. The van der Waals surface area contributed by atoms with Gasteiger partial charge in [-0.3, -0.25) is 24.0 Å². The van der Waals surface area contributed by atoms with Crippen LogP contribution in [0.15, 0.2) is 60.7 Å². The van der Waals surface area contributed by atoms with E-state index < -0.39 is 84.7 Å². The third-order valence-corrected chi connectivity index (χ3v) is 6.74. The fourth-order valence-electron chi connectivity index (χ4n) is 4.21. The van der Waals surface area contributed by atoms with Crippen LogP contribution in [0.4, 0.5) is 13.2 Å². The number of aliphatic hydroxyl groups excluding tert-OH is 1. The molecule has 5 unspecified atom stereocenters. The summed E-state index contributed by atoms with van der Waals surface area (Å²) in [6.45, 7) is 4.55. The Kier molecular flexibility index (Phi) is 14.2. The first kappa shape index (κ1) is 37.3. The van der Waals surface area contributed by atoms with Gasteiger partial charge in [-0.15, -0.1) is 0 Å². The SMILES string of the molecule is CC(NC(=O)C(Cc1ccccc1)NC(=O)C(NC(=O)C#Cc1ccccc1)C(C)C)C(=O)NC(CCC(N)=O)C(O)C(F)(F)F. The quantitative estimate of drug-likeness (QED) is 0.167. The van der Waals surface area contributed by atoms with Crippen LogP contribution in [-0.4, -0.2) is 71.1 Å². The molecule has 0 spiro atoms. The smallest absolute Gasteiger partial charge is 0.382 e.